The molecule has 0 saturated heterocycles. The van der Waals surface area contributed by atoms with Crippen molar-refractivity contribution in [3.05, 3.63) is 94.2 Å². The number of halogens is 1. The highest BCUT2D eigenvalue weighted by Gasteiger charge is 2.21. The van der Waals surface area contributed by atoms with Gasteiger partial charge in [0, 0.05) is 36.6 Å². The van der Waals surface area contributed by atoms with Gasteiger partial charge in [0.05, 0.1) is 35.0 Å². The predicted octanol–water partition coefficient (Wildman–Crippen LogP) is 2.74. The maximum Gasteiger partial charge on any atom is 0.250 e. The molecule has 0 amide bonds. The monoisotopic (exact) mass is 452 g/mol. The van der Waals surface area contributed by atoms with Gasteiger partial charge in [0.15, 0.2) is 11.5 Å². The van der Waals surface area contributed by atoms with Gasteiger partial charge in [0.2, 0.25) is 11.5 Å². The molecule has 4 aromatic heterocycles. The first-order valence-corrected chi connectivity index (χ1v) is 10.3. The minimum absolute atomic E-state index is 0.0622. The first-order valence-electron chi connectivity index (χ1n) is 10.3. The summed E-state index contributed by atoms with van der Waals surface area (Å²) in [7, 11) is 1.65. The van der Waals surface area contributed by atoms with Crippen LogP contribution in [0.4, 0.5) is 10.3 Å². The van der Waals surface area contributed by atoms with E-state index in [1.165, 1.54) is 33.5 Å². The average Bonchev–Trinajstić information content (AvgIpc) is 3.27. The number of fused-ring (bicyclic) bond motifs is 1. The lowest BCUT2D eigenvalue weighted by atomic mass is 10.0. The van der Waals surface area contributed by atoms with Crippen molar-refractivity contribution in [1.82, 2.24) is 29.1 Å². The van der Waals surface area contributed by atoms with Gasteiger partial charge in [-0.1, -0.05) is 12.1 Å². The molecule has 9 nitrogen and oxygen atoms in total. The quantitative estimate of drug-likeness (QED) is 0.444. The van der Waals surface area contributed by atoms with E-state index in [4.69, 9.17) is 11.0 Å². The molecule has 0 spiro atoms. The summed E-state index contributed by atoms with van der Waals surface area (Å²) < 4.78 is 17.0. The average molecular weight is 452 g/mol. The molecule has 10 heteroatoms. The Morgan fingerprint density at radius 3 is 2.56 bits per heavy atom. The zero-order valence-corrected chi connectivity index (χ0v) is 18.0. The Labute approximate surface area is 192 Å². The Kier molecular flexibility index (Phi) is 5.07. The second-order valence-electron chi connectivity index (χ2n) is 7.62. The largest absolute Gasteiger partial charge is 0.368 e. The summed E-state index contributed by atoms with van der Waals surface area (Å²) in [5.74, 6) is -0.0543. The van der Waals surface area contributed by atoms with E-state index in [1.54, 1.807) is 43.6 Å². The van der Waals surface area contributed by atoms with Gasteiger partial charge in [-0.15, -0.1) is 5.10 Å². The Bertz CT molecular complexity index is 1650. The smallest absolute Gasteiger partial charge is 0.250 e. The number of nitrogens with two attached hydrogens (primary N) is 1. The van der Waals surface area contributed by atoms with Gasteiger partial charge in [0.25, 0.3) is 0 Å². The maximum atomic E-state index is 14.2. The number of pyridine rings is 2. The minimum Gasteiger partial charge on any atom is -0.368 e. The highest BCUT2D eigenvalue weighted by atomic mass is 19.1. The third kappa shape index (κ3) is 3.65. The Morgan fingerprint density at radius 2 is 1.85 bits per heavy atom. The molecular formula is C24H17FN8O. The standard InChI is InChI=1S/C24H17FN8O/c1-32-13-16(8-9-20(32)34)21-22(15-6-4-14(12-26)5-7-15)30-24(27)33-23(21)29-19(31-33)11-18-17(25)3-2-10-28-18/h2-10,13H,11H2,1H3,(H2,27,30). The first-order chi connectivity index (χ1) is 16.4. The third-order valence-electron chi connectivity index (χ3n) is 5.38. The topological polar surface area (TPSA) is 128 Å². The van der Waals surface area contributed by atoms with Gasteiger partial charge in [-0.3, -0.25) is 9.78 Å². The number of anilines is 1. The van der Waals surface area contributed by atoms with Gasteiger partial charge in [-0.25, -0.2) is 14.4 Å². The predicted molar refractivity (Wildman–Crippen MR) is 123 cm³/mol. The van der Waals surface area contributed by atoms with Gasteiger partial charge < -0.3 is 10.3 Å². The van der Waals surface area contributed by atoms with Gasteiger partial charge in [0.1, 0.15) is 5.82 Å². The van der Waals surface area contributed by atoms with Gasteiger partial charge in [-0.05, 0) is 30.3 Å². The van der Waals surface area contributed by atoms with Gasteiger partial charge in [-0.2, -0.15) is 9.78 Å². The number of aryl methyl sites for hydroxylation is 1. The van der Waals surface area contributed by atoms with Crippen molar-refractivity contribution in [3.63, 3.8) is 0 Å². The number of nitrogens with zero attached hydrogens (tertiary/aromatic N) is 7. The van der Waals surface area contributed by atoms with Crippen molar-refractivity contribution in [1.29, 1.82) is 5.26 Å². The molecular weight excluding hydrogens is 435 g/mol. The van der Waals surface area contributed by atoms with E-state index in [0.717, 1.165) is 0 Å². The number of nitriles is 1. The number of hydrogen-bond donors (Lipinski definition) is 1. The SMILES string of the molecule is Cn1cc(-c2c(-c3ccc(C#N)cc3)nc(N)n3nc(Cc4ncccc4F)nc23)ccc1=O. The third-order valence-corrected chi connectivity index (χ3v) is 5.38. The second kappa shape index (κ2) is 8.22. The summed E-state index contributed by atoms with van der Waals surface area (Å²) in [4.78, 5) is 25.3. The number of rotatable bonds is 4. The maximum absolute atomic E-state index is 14.2. The molecule has 0 aliphatic heterocycles. The van der Waals surface area contributed by atoms with Crippen LogP contribution >= 0.6 is 0 Å². The fourth-order valence-corrected chi connectivity index (χ4v) is 3.69. The fourth-order valence-electron chi connectivity index (χ4n) is 3.69. The lowest BCUT2D eigenvalue weighted by molar-refractivity contribution is 0.601. The van der Waals surface area contributed by atoms with E-state index in [1.807, 2.05) is 0 Å². The molecule has 166 valence electrons. The molecule has 0 radical (unpaired) electrons. The molecule has 0 unspecified atom stereocenters. The molecule has 2 N–H and O–H groups in total. The summed E-state index contributed by atoms with van der Waals surface area (Å²) in [6.07, 6.45) is 3.24. The number of benzene rings is 1. The van der Waals surface area contributed by atoms with Crippen molar-refractivity contribution in [2.24, 2.45) is 7.05 Å². The van der Waals surface area contributed by atoms with Crippen LogP contribution in [-0.2, 0) is 13.5 Å². The first kappa shape index (κ1) is 21.0. The van der Waals surface area contributed by atoms with E-state index in [2.05, 4.69) is 26.1 Å². The normalized spacial score (nSPS) is 11.0. The molecule has 1 aromatic carbocycles. The number of hydrogen-bond acceptors (Lipinski definition) is 7. The van der Waals surface area contributed by atoms with Crippen LogP contribution in [0.5, 0.6) is 0 Å². The van der Waals surface area contributed by atoms with E-state index < -0.39 is 5.82 Å². The lowest BCUT2D eigenvalue weighted by Crippen LogP contribution is -2.14. The van der Waals surface area contributed by atoms with Crippen LogP contribution in [0.2, 0.25) is 0 Å². The molecule has 0 aliphatic rings. The van der Waals surface area contributed by atoms with Crippen molar-refractivity contribution in [3.8, 4) is 28.5 Å². The van der Waals surface area contributed by atoms with E-state index in [0.29, 0.717) is 39.4 Å². The van der Waals surface area contributed by atoms with Crippen LogP contribution < -0.4 is 11.3 Å². The van der Waals surface area contributed by atoms with Crippen molar-refractivity contribution in [2.45, 2.75) is 6.42 Å². The lowest BCUT2D eigenvalue weighted by Gasteiger charge is -2.12. The van der Waals surface area contributed by atoms with Crippen LogP contribution in [0, 0.1) is 17.1 Å². The van der Waals surface area contributed by atoms with Gasteiger partial charge >= 0.3 is 0 Å². The van der Waals surface area contributed by atoms with Crippen LogP contribution in [-0.4, -0.2) is 29.1 Å². The number of nitrogen functional groups attached to an aromatic ring is 1. The van der Waals surface area contributed by atoms with E-state index >= 15 is 0 Å². The van der Waals surface area contributed by atoms with E-state index in [-0.39, 0.29) is 23.6 Å². The molecule has 4 heterocycles. The summed E-state index contributed by atoms with van der Waals surface area (Å²) in [5.41, 5.74) is 9.66. The summed E-state index contributed by atoms with van der Waals surface area (Å²) in [5, 5.41) is 13.6. The number of aromatic nitrogens is 6. The Hall–Kier alpha value is -4.91. The molecule has 0 atom stereocenters. The second-order valence-corrected chi connectivity index (χ2v) is 7.62. The highest BCUT2D eigenvalue weighted by molar-refractivity contribution is 5.90. The summed E-state index contributed by atoms with van der Waals surface area (Å²) >= 11 is 0. The molecule has 0 fully saturated rings. The minimum atomic E-state index is -0.455. The Morgan fingerprint density at radius 1 is 1.09 bits per heavy atom. The van der Waals surface area contributed by atoms with Crippen molar-refractivity contribution in [2.75, 3.05) is 5.73 Å². The van der Waals surface area contributed by atoms with E-state index in [9.17, 15) is 9.18 Å². The van der Waals surface area contributed by atoms with Crippen molar-refractivity contribution < 1.29 is 4.39 Å². The van der Waals surface area contributed by atoms with Crippen LogP contribution in [0.3, 0.4) is 0 Å². The molecule has 0 saturated carbocycles. The summed E-state index contributed by atoms with van der Waals surface area (Å²) in [6.45, 7) is 0. The molecule has 0 aliphatic carbocycles. The molecule has 5 rings (SSSR count). The zero-order valence-electron chi connectivity index (χ0n) is 18.0. The Balaban J connectivity index is 1.76. The van der Waals surface area contributed by atoms with Crippen LogP contribution in [0.1, 0.15) is 17.1 Å². The molecule has 5 aromatic rings. The molecule has 34 heavy (non-hydrogen) atoms. The van der Waals surface area contributed by atoms with Crippen LogP contribution in [0.15, 0.2) is 65.7 Å². The summed E-state index contributed by atoms with van der Waals surface area (Å²) in [6, 6.07) is 15.0. The molecule has 0 bridgehead atoms. The van der Waals surface area contributed by atoms with Crippen LogP contribution in [0.25, 0.3) is 28.0 Å². The fraction of sp³-hybridized carbons (Fsp3) is 0.0833. The highest BCUT2D eigenvalue weighted by Crippen LogP contribution is 2.34. The zero-order chi connectivity index (χ0) is 23.8. The van der Waals surface area contributed by atoms with Crippen molar-refractivity contribution >= 4 is 11.6 Å².